The molecule has 31 heavy (non-hydrogen) atoms. The number of aromatic nitrogens is 2. The molecule has 0 fully saturated rings. The van der Waals surface area contributed by atoms with Crippen LogP contribution in [0.3, 0.4) is 0 Å². The van der Waals surface area contributed by atoms with Gasteiger partial charge in [0.15, 0.2) is 0 Å². The predicted octanol–water partition coefficient (Wildman–Crippen LogP) is 4.43. The molecule has 0 aliphatic heterocycles. The number of benzene rings is 2. The molecular weight excluding hydrogens is 431 g/mol. The minimum absolute atomic E-state index is 0.00734. The van der Waals surface area contributed by atoms with Gasteiger partial charge in [0.05, 0.1) is 16.1 Å². The average molecular weight is 453 g/mol. The zero-order valence-electron chi connectivity index (χ0n) is 17.4. The van der Waals surface area contributed by atoms with Gasteiger partial charge in [-0.2, -0.15) is 13.2 Å². The molecule has 0 aliphatic rings. The molecule has 3 rings (SSSR count). The monoisotopic (exact) mass is 453 g/mol. The summed E-state index contributed by atoms with van der Waals surface area (Å²) < 4.78 is 68.6. The van der Waals surface area contributed by atoms with Crippen molar-refractivity contribution in [3.8, 4) is 5.69 Å². The molecule has 2 aromatic carbocycles. The van der Waals surface area contributed by atoms with E-state index in [0.29, 0.717) is 11.3 Å². The van der Waals surface area contributed by atoms with Gasteiger partial charge in [0, 0.05) is 24.0 Å². The fraction of sp³-hybridized carbons (Fsp3) is 0.286. The smallest absolute Gasteiger partial charge is 0.285 e. The zero-order chi connectivity index (χ0) is 23.1. The van der Waals surface area contributed by atoms with E-state index < -0.39 is 21.8 Å². The minimum atomic E-state index is -4.50. The second-order valence-corrected chi connectivity index (χ2v) is 9.15. The number of alkyl halides is 3. The molecule has 0 radical (unpaired) electrons. The van der Waals surface area contributed by atoms with Crippen molar-refractivity contribution in [3.63, 3.8) is 0 Å². The first-order valence-electron chi connectivity index (χ1n) is 9.42. The number of nitrogens with one attached hydrogen (secondary N) is 1. The molecule has 0 atom stereocenters. The first kappa shape index (κ1) is 22.7. The molecule has 1 N–H and O–H groups in total. The Morgan fingerprint density at radius 3 is 1.97 bits per heavy atom. The maximum atomic E-state index is 12.8. The fourth-order valence-corrected chi connectivity index (χ4v) is 4.45. The van der Waals surface area contributed by atoms with Crippen molar-refractivity contribution in [1.82, 2.24) is 9.36 Å². The Balaban J connectivity index is 1.89. The summed E-state index contributed by atoms with van der Waals surface area (Å²) in [5.74, 6) is 0.0348. The van der Waals surface area contributed by atoms with Crippen LogP contribution in [0.1, 0.15) is 36.6 Å². The maximum Gasteiger partial charge on any atom is 0.416 e. The lowest BCUT2D eigenvalue weighted by Crippen LogP contribution is -2.21. The van der Waals surface area contributed by atoms with Gasteiger partial charge in [-0.25, -0.2) is 13.1 Å². The number of halogens is 3. The Morgan fingerprint density at radius 1 is 0.968 bits per heavy atom. The van der Waals surface area contributed by atoms with Crippen molar-refractivity contribution in [1.29, 1.82) is 0 Å². The van der Waals surface area contributed by atoms with Gasteiger partial charge in [-0.3, -0.25) is 14.2 Å². The van der Waals surface area contributed by atoms with Crippen LogP contribution in [0.25, 0.3) is 5.69 Å². The summed E-state index contributed by atoms with van der Waals surface area (Å²) in [6, 6.07) is 9.40. The highest BCUT2D eigenvalue weighted by Gasteiger charge is 2.30. The summed E-state index contributed by atoms with van der Waals surface area (Å²) in [7, 11) is -2.27. The first-order valence-corrected chi connectivity index (χ1v) is 10.9. The van der Waals surface area contributed by atoms with Gasteiger partial charge in [-0.1, -0.05) is 13.8 Å². The molecule has 0 spiro atoms. The van der Waals surface area contributed by atoms with E-state index in [4.69, 9.17) is 0 Å². The fourth-order valence-electron chi connectivity index (χ4n) is 3.39. The summed E-state index contributed by atoms with van der Waals surface area (Å²) in [4.78, 5) is 12.7. The van der Waals surface area contributed by atoms with Crippen LogP contribution in [0.15, 0.2) is 58.2 Å². The number of hydrogen-bond acceptors (Lipinski definition) is 3. The van der Waals surface area contributed by atoms with Gasteiger partial charge in [-0.05, 0) is 61.4 Å². The molecule has 10 heteroatoms. The van der Waals surface area contributed by atoms with Crippen molar-refractivity contribution < 1.29 is 21.6 Å². The largest absolute Gasteiger partial charge is 0.416 e. The van der Waals surface area contributed by atoms with Crippen LogP contribution in [0.2, 0.25) is 0 Å². The summed E-state index contributed by atoms with van der Waals surface area (Å²) in [6.07, 6.45) is -4.50. The van der Waals surface area contributed by atoms with Crippen LogP contribution in [0.4, 0.5) is 18.9 Å². The van der Waals surface area contributed by atoms with Gasteiger partial charge >= 0.3 is 6.18 Å². The third kappa shape index (κ3) is 4.39. The van der Waals surface area contributed by atoms with E-state index in [0.717, 1.165) is 30.0 Å². The molecular formula is C21H22F3N3O3S. The lowest BCUT2D eigenvalue weighted by atomic mass is 10.0. The van der Waals surface area contributed by atoms with Crippen molar-refractivity contribution in [3.05, 3.63) is 75.7 Å². The first-order chi connectivity index (χ1) is 14.3. The van der Waals surface area contributed by atoms with Gasteiger partial charge in [0.1, 0.15) is 0 Å². The molecule has 3 aromatic rings. The quantitative estimate of drug-likeness (QED) is 0.621. The molecule has 0 amide bonds. The summed E-state index contributed by atoms with van der Waals surface area (Å²) in [5.41, 5.74) is 0.963. The minimum Gasteiger partial charge on any atom is -0.285 e. The van der Waals surface area contributed by atoms with Crippen LogP contribution in [-0.4, -0.2) is 17.8 Å². The lowest BCUT2D eigenvalue weighted by Gasteiger charge is -2.12. The summed E-state index contributed by atoms with van der Waals surface area (Å²) >= 11 is 0. The van der Waals surface area contributed by atoms with E-state index in [9.17, 15) is 26.4 Å². The molecule has 0 saturated carbocycles. The number of sulfonamides is 1. The molecule has 6 nitrogen and oxygen atoms in total. The second kappa shape index (κ2) is 7.92. The van der Waals surface area contributed by atoms with E-state index >= 15 is 0 Å². The third-order valence-electron chi connectivity index (χ3n) is 5.03. The Morgan fingerprint density at radius 2 is 1.52 bits per heavy atom. The van der Waals surface area contributed by atoms with E-state index in [-0.39, 0.29) is 22.1 Å². The standard InChI is InChI=1S/C21H22F3N3O3S/c1-13(2)19-14(3)26(4)27(20(19)28)17-9-11-18(12-10-17)31(29,30)25-16-7-5-15(6-8-16)21(22,23)24/h5-13,25H,1-4H3. The molecule has 0 unspecified atom stereocenters. The molecule has 0 saturated heterocycles. The third-order valence-corrected chi connectivity index (χ3v) is 6.43. The van der Waals surface area contributed by atoms with Gasteiger partial charge in [-0.15, -0.1) is 0 Å². The van der Waals surface area contributed by atoms with E-state index in [1.807, 2.05) is 20.8 Å². The van der Waals surface area contributed by atoms with Crippen molar-refractivity contribution >= 4 is 15.7 Å². The Hall–Kier alpha value is -3.01. The SMILES string of the molecule is Cc1c(C(C)C)c(=O)n(-c2ccc(S(=O)(=O)Nc3ccc(C(F)(F)F)cc3)cc2)n1C. The number of anilines is 1. The lowest BCUT2D eigenvalue weighted by molar-refractivity contribution is -0.137. The normalized spacial score (nSPS) is 12.4. The predicted molar refractivity (Wildman–Crippen MR) is 112 cm³/mol. The number of nitrogens with zero attached hydrogens (tertiary/aromatic N) is 2. The van der Waals surface area contributed by atoms with E-state index in [1.54, 1.807) is 11.7 Å². The van der Waals surface area contributed by atoms with Crippen LogP contribution >= 0.6 is 0 Å². The highest BCUT2D eigenvalue weighted by Crippen LogP contribution is 2.30. The second-order valence-electron chi connectivity index (χ2n) is 7.47. The molecule has 1 aromatic heterocycles. The average Bonchev–Trinajstić information content (AvgIpc) is 2.90. The van der Waals surface area contributed by atoms with Gasteiger partial charge in [0.2, 0.25) is 0 Å². The van der Waals surface area contributed by atoms with Crippen LogP contribution in [0, 0.1) is 6.92 Å². The van der Waals surface area contributed by atoms with Crippen molar-refractivity contribution in [2.24, 2.45) is 7.05 Å². The van der Waals surface area contributed by atoms with Crippen molar-refractivity contribution in [2.45, 2.75) is 37.8 Å². The molecule has 1 heterocycles. The maximum absolute atomic E-state index is 12.8. The number of rotatable bonds is 5. The van der Waals surface area contributed by atoms with Crippen LogP contribution in [-0.2, 0) is 23.2 Å². The summed E-state index contributed by atoms with van der Waals surface area (Å²) in [6.45, 7) is 5.70. The highest BCUT2D eigenvalue weighted by molar-refractivity contribution is 7.92. The zero-order valence-corrected chi connectivity index (χ0v) is 18.2. The number of hydrogen-bond donors (Lipinski definition) is 1. The highest BCUT2D eigenvalue weighted by atomic mass is 32.2. The van der Waals surface area contributed by atoms with E-state index in [1.165, 1.54) is 28.9 Å². The Kier molecular flexibility index (Phi) is 5.79. The molecule has 166 valence electrons. The van der Waals surface area contributed by atoms with Crippen molar-refractivity contribution in [2.75, 3.05) is 4.72 Å². The summed E-state index contributed by atoms with van der Waals surface area (Å²) in [5, 5.41) is 0. The molecule has 0 bridgehead atoms. The van der Waals surface area contributed by atoms with Gasteiger partial charge < -0.3 is 0 Å². The Bertz CT molecular complexity index is 1250. The Labute approximate surface area is 178 Å². The van der Waals surface area contributed by atoms with Crippen LogP contribution < -0.4 is 10.3 Å². The van der Waals surface area contributed by atoms with E-state index in [2.05, 4.69) is 4.72 Å². The van der Waals surface area contributed by atoms with Gasteiger partial charge in [0.25, 0.3) is 15.6 Å². The molecule has 0 aliphatic carbocycles. The topological polar surface area (TPSA) is 73.1 Å². The van der Waals surface area contributed by atoms with Crippen LogP contribution in [0.5, 0.6) is 0 Å².